The zero-order valence-corrected chi connectivity index (χ0v) is 25.6. The van der Waals surface area contributed by atoms with Crippen molar-refractivity contribution in [2.24, 2.45) is 5.10 Å². The lowest BCUT2D eigenvalue weighted by Crippen LogP contribution is -2.25. The van der Waals surface area contributed by atoms with Gasteiger partial charge in [-0.15, -0.1) is 0 Å². The average Bonchev–Trinajstić information content (AvgIpc) is 3.41. The minimum absolute atomic E-state index is 0.167. The lowest BCUT2D eigenvalue weighted by Gasteiger charge is -2.22. The number of hydrogen-bond acceptors (Lipinski definition) is 6. The van der Waals surface area contributed by atoms with E-state index in [9.17, 15) is 4.79 Å². The summed E-state index contributed by atoms with van der Waals surface area (Å²) in [6.45, 7) is 0.598. The zero-order valence-electron chi connectivity index (χ0n) is 20.8. The largest absolute Gasteiger partial charge is 0.487 e. The van der Waals surface area contributed by atoms with Crippen molar-refractivity contribution in [3.8, 4) is 17.2 Å². The Kier molecular flexibility index (Phi) is 7.77. The number of hydrogen-bond donors (Lipinski definition) is 0. The van der Waals surface area contributed by atoms with E-state index in [1.54, 1.807) is 12.3 Å². The fourth-order valence-corrected chi connectivity index (χ4v) is 6.82. The number of halogens is 3. The number of benzene rings is 3. The van der Waals surface area contributed by atoms with Gasteiger partial charge in [0.1, 0.15) is 18.2 Å². The molecule has 0 spiro atoms. The predicted molar refractivity (Wildman–Crippen MR) is 161 cm³/mol. The van der Waals surface area contributed by atoms with Gasteiger partial charge in [-0.1, -0.05) is 41.3 Å². The van der Waals surface area contributed by atoms with E-state index >= 15 is 0 Å². The topological polar surface area (TPSA) is 74.9 Å². The molecule has 1 aliphatic heterocycles. The standard InChI is InChI=1S/C29H24Br3N3O4/c30-20-7-8-24-21(13-20)29(36)35(28(34-24)19-4-2-1-3-5-19)33-14-18-10-22(31)27(23(32)11-18)37-15-17-6-9-25-26(12-17)39-16-38-25/h6-14,19H,1-5,15-16H2. The third-order valence-corrected chi connectivity index (χ3v) is 8.64. The summed E-state index contributed by atoms with van der Waals surface area (Å²) >= 11 is 10.7. The first-order chi connectivity index (χ1) is 19.0. The summed E-state index contributed by atoms with van der Waals surface area (Å²) < 4.78 is 20.8. The number of nitrogens with zero attached hydrogens (tertiary/aromatic N) is 3. The molecule has 1 saturated carbocycles. The molecule has 0 N–H and O–H groups in total. The lowest BCUT2D eigenvalue weighted by atomic mass is 9.88. The Morgan fingerprint density at radius 1 is 0.974 bits per heavy atom. The Morgan fingerprint density at radius 3 is 2.54 bits per heavy atom. The van der Waals surface area contributed by atoms with E-state index in [2.05, 4.69) is 52.9 Å². The summed E-state index contributed by atoms with van der Waals surface area (Å²) in [4.78, 5) is 18.5. The van der Waals surface area contributed by atoms with Gasteiger partial charge in [0.2, 0.25) is 6.79 Å². The maximum absolute atomic E-state index is 13.6. The minimum Gasteiger partial charge on any atom is -0.487 e. The van der Waals surface area contributed by atoms with E-state index in [4.69, 9.17) is 19.2 Å². The predicted octanol–water partition coefficient (Wildman–Crippen LogP) is 7.92. The molecular weight excluding hydrogens is 694 g/mol. The van der Waals surface area contributed by atoms with Crippen LogP contribution in [0.5, 0.6) is 17.2 Å². The van der Waals surface area contributed by atoms with Crippen molar-refractivity contribution in [3.05, 3.63) is 89.3 Å². The van der Waals surface area contributed by atoms with E-state index in [1.807, 2.05) is 42.5 Å². The van der Waals surface area contributed by atoms with E-state index in [0.29, 0.717) is 23.3 Å². The molecule has 200 valence electrons. The smallest absolute Gasteiger partial charge is 0.282 e. The van der Waals surface area contributed by atoms with Crippen LogP contribution in [0.1, 0.15) is 55.0 Å². The van der Waals surface area contributed by atoms with E-state index in [-0.39, 0.29) is 18.3 Å². The van der Waals surface area contributed by atoms with Gasteiger partial charge in [-0.3, -0.25) is 4.79 Å². The number of rotatable bonds is 6. The van der Waals surface area contributed by atoms with Crippen LogP contribution in [0.2, 0.25) is 0 Å². The molecule has 0 atom stereocenters. The van der Waals surface area contributed by atoms with Crippen LogP contribution < -0.4 is 19.8 Å². The highest BCUT2D eigenvalue weighted by Crippen LogP contribution is 2.37. The van der Waals surface area contributed by atoms with Crippen LogP contribution in [-0.4, -0.2) is 22.7 Å². The van der Waals surface area contributed by atoms with Crippen molar-refractivity contribution in [1.29, 1.82) is 0 Å². The first-order valence-corrected chi connectivity index (χ1v) is 15.1. The van der Waals surface area contributed by atoms with Crippen LogP contribution in [0.4, 0.5) is 0 Å². The molecule has 1 aromatic heterocycles. The quantitative estimate of drug-likeness (QED) is 0.190. The first-order valence-electron chi connectivity index (χ1n) is 12.7. The van der Waals surface area contributed by atoms with E-state index < -0.39 is 0 Å². The summed E-state index contributed by atoms with van der Waals surface area (Å²) in [5.41, 5.74) is 2.30. The van der Waals surface area contributed by atoms with Crippen LogP contribution >= 0.6 is 47.8 Å². The number of aromatic nitrogens is 2. The van der Waals surface area contributed by atoms with Gasteiger partial charge in [-0.05, 0) is 98.3 Å². The highest BCUT2D eigenvalue weighted by molar-refractivity contribution is 9.11. The molecule has 0 bridgehead atoms. The normalized spacial score (nSPS) is 15.4. The molecule has 3 aromatic carbocycles. The second kappa shape index (κ2) is 11.4. The molecular formula is C29H24Br3N3O4. The Labute approximate surface area is 250 Å². The van der Waals surface area contributed by atoms with Crippen molar-refractivity contribution in [1.82, 2.24) is 9.66 Å². The van der Waals surface area contributed by atoms with Crippen LogP contribution in [0.15, 0.2) is 71.8 Å². The summed E-state index contributed by atoms with van der Waals surface area (Å²) in [6, 6.07) is 15.2. The van der Waals surface area contributed by atoms with Crippen molar-refractivity contribution in [2.45, 2.75) is 44.6 Å². The Bertz CT molecular complexity index is 1620. The van der Waals surface area contributed by atoms with Crippen LogP contribution in [0.25, 0.3) is 10.9 Å². The van der Waals surface area contributed by atoms with E-state index in [1.165, 1.54) is 11.1 Å². The van der Waals surface area contributed by atoms with Gasteiger partial charge in [-0.2, -0.15) is 9.78 Å². The average molecular weight is 718 g/mol. The molecule has 2 aliphatic rings. The molecule has 2 heterocycles. The summed E-state index contributed by atoms with van der Waals surface area (Å²) in [6.07, 6.45) is 7.20. The van der Waals surface area contributed by atoms with Crippen LogP contribution in [0.3, 0.4) is 0 Å². The molecule has 4 aromatic rings. The first kappa shape index (κ1) is 26.5. The number of ether oxygens (including phenoxy) is 3. The van der Waals surface area contributed by atoms with Crippen molar-refractivity contribution < 1.29 is 14.2 Å². The SMILES string of the molecule is O=c1c2cc(Br)ccc2nc(C2CCCCC2)n1N=Cc1cc(Br)c(OCc2ccc3c(c2)OCO3)c(Br)c1. The lowest BCUT2D eigenvalue weighted by molar-refractivity contribution is 0.174. The molecule has 6 rings (SSSR count). The molecule has 10 heteroatoms. The third kappa shape index (κ3) is 5.64. The van der Waals surface area contributed by atoms with Gasteiger partial charge in [0, 0.05) is 10.4 Å². The van der Waals surface area contributed by atoms with Gasteiger partial charge in [0.05, 0.1) is 26.1 Å². The summed E-state index contributed by atoms with van der Waals surface area (Å²) in [5, 5.41) is 5.20. The van der Waals surface area contributed by atoms with Gasteiger partial charge in [0.25, 0.3) is 5.56 Å². The molecule has 0 amide bonds. The van der Waals surface area contributed by atoms with E-state index in [0.717, 1.165) is 67.6 Å². The maximum atomic E-state index is 13.6. The molecule has 0 unspecified atom stereocenters. The minimum atomic E-state index is -0.167. The van der Waals surface area contributed by atoms with Crippen LogP contribution in [0, 0.1) is 0 Å². The summed E-state index contributed by atoms with van der Waals surface area (Å²) in [5.74, 6) is 3.07. The van der Waals surface area contributed by atoms with Gasteiger partial charge in [-0.25, -0.2) is 4.98 Å². The third-order valence-electron chi connectivity index (χ3n) is 6.97. The molecule has 1 fully saturated rings. The second-order valence-corrected chi connectivity index (χ2v) is 12.2. The molecule has 0 saturated heterocycles. The van der Waals surface area contributed by atoms with Gasteiger partial charge < -0.3 is 14.2 Å². The molecule has 7 nitrogen and oxygen atoms in total. The second-order valence-electron chi connectivity index (χ2n) is 9.62. The summed E-state index contributed by atoms with van der Waals surface area (Å²) in [7, 11) is 0. The molecule has 1 aliphatic carbocycles. The molecule has 0 radical (unpaired) electrons. The monoisotopic (exact) mass is 715 g/mol. The van der Waals surface area contributed by atoms with Gasteiger partial charge in [0.15, 0.2) is 11.5 Å². The maximum Gasteiger partial charge on any atom is 0.282 e. The molecule has 39 heavy (non-hydrogen) atoms. The number of fused-ring (bicyclic) bond motifs is 2. The highest BCUT2D eigenvalue weighted by atomic mass is 79.9. The fourth-order valence-electron chi connectivity index (χ4n) is 5.01. The Balaban J connectivity index is 1.29. The Morgan fingerprint density at radius 2 is 1.74 bits per heavy atom. The van der Waals surface area contributed by atoms with Crippen molar-refractivity contribution in [2.75, 3.05) is 6.79 Å². The van der Waals surface area contributed by atoms with Crippen LogP contribution in [-0.2, 0) is 6.61 Å². The zero-order chi connectivity index (χ0) is 26.9. The fraction of sp³-hybridized carbons (Fsp3) is 0.276. The van der Waals surface area contributed by atoms with Crippen molar-refractivity contribution >= 4 is 64.9 Å². The van der Waals surface area contributed by atoms with Gasteiger partial charge >= 0.3 is 0 Å². The Hall–Kier alpha value is -2.69. The van der Waals surface area contributed by atoms with Crippen molar-refractivity contribution in [3.63, 3.8) is 0 Å². The highest BCUT2D eigenvalue weighted by Gasteiger charge is 2.22.